The summed E-state index contributed by atoms with van der Waals surface area (Å²) in [6.07, 6.45) is 2.20. The van der Waals surface area contributed by atoms with E-state index in [1.54, 1.807) is 6.92 Å². The van der Waals surface area contributed by atoms with Crippen LogP contribution in [-0.4, -0.2) is 52.3 Å². The summed E-state index contributed by atoms with van der Waals surface area (Å²) < 4.78 is 0. The molecule has 92 valence electrons. The molecule has 1 aliphatic carbocycles. The molecule has 3 N–H and O–H groups in total. The maximum Gasteiger partial charge on any atom is 0.326 e. The van der Waals surface area contributed by atoms with Crippen LogP contribution in [0.4, 0.5) is 4.79 Å². The molecule has 6 nitrogen and oxygen atoms in total. The maximum atomic E-state index is 11.7. The van der Waals surface area contributed by atoms with E-state index in [2.05, 4.69) is 5.32 Å². The van der Waals surface area contributed by atoms with E-state index in [4.69, 9.17) is 10.2 Å². The smallest absolute Gasteiger partial charge is 0.326 e. The highest BCUT2D eigenvalue weighted by Crippen LogP contribution is 2.26. The fourth-order valence-corrected chi connectivity index (χ4v) is 1.51. The Hall–Kier alpha value is -1.30. The number of carbonyl (C=O) groups is 2. The molecule has 0 aromatic carbocycles. The Morgan fingerprint density at radius 3 is 2.50 bits per heavy atom. The highest BCUT2D eigenvalue weighted by atomic mass is 16.4. The van der Waals surface area contributed by atoms with Crippen molar-refractivity contribution >= 4 is 12.0 Å². The molecule has 0 bridgehead atoms. The van der Waals surface area contributed by atoms with E-state index in [1.807, 2.05) is 0 Å². The first-order valence-corrected chi connectivity index (χ1v) is 5.51. The number of carboxylic acid groups (broad SMARTS) is 1. The minimum absolute atomic E-state index is 0.103. The molecule has 0 aromatic heterocycles. The van der Waals surface area contributed by atoms with E-state index in [0.29, 0.717) is 6.42 Å². The van der Waals surface area contributed by atoms with Crippen molar-refractivity contribution in [3.63, 3.8) is 0 Å². The first-order valence-electron chi connectivity index (χ1n) is 5.51. The Labute approximate surface area is 94.2 Å². The summed E-state index contributed by atoms with van der Waals surface area (Å²) in [5.74, 6) is -1.03. The molecule has 0 aliphatic heterocycles. The molecular weight excluding hydrogens is 212 g/mol. The molecule has 1 atom stereocenters. The third-order valence-corrected chi connectivity index (χ3v) is 2.59. The highest BCUT2D eigenvalue weighted by Gasteiger charge is 2.33. The van der Waals surface area contributed by atoms with E-state index in [9.17, 15) is 9.59 Å². The van der Waals surface area contributed by atoms with Gasteiger partial charge in [0.1, 0.15) is 6.04 Å². The van der Waals surface area contributed by atoms with Gasteiger partial charge in [0.05, 0.1) is 6.61 Å². The second-order valence-electron chi connectivity index (χ2n) is 3.90. The summed E-state index contributed by atoms with van der Waals surface area (Å²) in [5.41, 5.74) is 0. The van der Waals surface area contributed by atoms with E-state index in [1.165, 1.54) is 4.90 Å². The van der Waals surface area contributed by atoms with Crippen molar-refractivity contribution in [2.45, 2.75) is 38.3 Å². The van der Waals surface area contributed by atoms with Gasteiger partial charge in [-0.2, -0.15) is 0 Å². The second-order valence-corrected chi connectivity index (χ2v) is 3.90. The number of urea groups is 1. The lowest BCUT2D eigenvalue weighted by atomic mass is 10.2. The van der Waals surface area contributed by atoms with Crippen molar-refractivity contribution in [3.8, 4) is 0 Å². The minimum Gasteiger partial charge on any atom is -0.480 e. The van der Waals surface area contributed by atoms with Crippen molar-refractivity contribution < 1.29 is 19.8 Å². The van der Waals surface area contributed by atoms with Crippen LogP contribution in [0.25, 0.3) is 0 Å². The molecule has 1 aliphatic rings. The van der Waals surface area contributed by atoms with Crippen molar-refractivity contribution in [1.82, 2.24) is 10.2 Å². The van der Waals surface area contributed by atoms with Gasteiger partial charge in [-0.3, -0.25) is 0 Å². The molecule has 0 unspecified atom stereocenters. The highest BCUT2D eigenvalue weighted by molar-refractivity contribution is 5.82. The summed E-state index contributed by atoms with van der Waals surface area (Å²) in [4.78, 5) is 24.0. The normalized spacial score (nSPS) is 16.6. The lowest BCUT2D eigenvalue weighted by Gasteiger charge is -2.23. The molecule has 0 radical (unpaired) electrons. The Bertz CT molecular complexity index is 266. The van der Waals surface area contributed by atoms with Crippen molar-refractivity contribution in [3.05, 3.63) is 0 Å². The van der Waals surface area contributed by atoms with Crippen molar-refractivity contribution in [1.29, 1.82) is 0 Å². The number of carbonyl (C=O) groups excluding carboxylic acids is 1. The molecule has 1 rings (SSSR count). The number of hydrogen-bond acceptors (Lipinski definition) is 3. The van der Waals surface area contributed by atoms with Crippen LogP contribution < -0.4 is 5.32 Å². The Balaban J connectivity index is 2.50. The number of nitrogens with zero attached hydrogens (tertiary/aromatic N) is 1. The third kappa shape index (κ3) is 3.37. The SMILES string of the molecule is CC[C@@H](NC(=O)N(CCO)C1CC1)C(=O)O. The van der Waals surface area contributed by atoms with Gasteiger partial charge in [-0.25, -0.2) is 9.59 Å². The number of aliphatic hydroxyl groups excluding tert-OH is 1. The van der Waals surface area contributed by atoms with Gasteiger partial charge in [0.2, 0.25) is 0 Å². The fourth-order valence-electron chi connectivity index (χ4n) is 1.51. The zero-order valence-electron chi connectivity index (χ0n) is 9.35. The monoisotopic (exact) mass is 230 g/mol. The summed E-state index contributed by atoms with van der Waals surface area (Å²) in [7, 11) is 0. The zero-order chi connectivity index (χ0) is 12.1. The molecule has 0 saturated heterocycles. The zero-order valence-corrected chi connectivity index (χ0v) is 9.35. The maximum absolute atomic E-state index is 11.7. The van der Waals surface area contributed by atoms with Crippen LogP contribution in [0, 0.1) is 0 Å². The molecule has 1 fully saturated rings. The molecular formula is C10H18N2O4. The van der Waals surface area contributed by atoms with Gasteiger partial charge >= 0.3 is 12.0 Å². The van der Waals surface area contributed by atoms with E-state index >= 15 is 0 Å². The first-order chi connectivity index (χ1) is 7.60. The quantitative estimate of drug-likeness (QED) is 0.600. The first kappa shape index (κ1) is 12.8. The standard InChI is InChI=1S/C10H18N2O4/c1-2-8(9(14)15)11-10(16)12(5-6-13)7-3-4-7/h7-8,13H,2-6H2,1H3,(H,11,16)(H,14,15)/t8-/m1/s1. The predicted molar refractivity (Wildman–Crippen MR) is 57.1 cm³/mol. The number of carboxylic acids is 1. The van der Waals surface area contributed by atoms with Crippen LogP contribution in [0.15, 0.2) is 0 Å². The lowest BCUT2D eigenvalue weighted by molar-refractivity contribution is -0.139. The Morgan fingerprint density at radius 1 is 1.50 bits per heavy atom. The second kappa shape index (κ2) is 5.69. The summed E-state index contributed by atoms with van der Waals surface area (Å²) in [5, 5.41) is 20.1. The molecule has 16 heavy (non-hydrogen) atoms. The van der Waals surface area contributed by atoms with Gasteiger partial charge in [0.25, 0.3) is 0 Å². The fraction of sp³-hybridized carbons (Fsp3) is 0.800. The predicted octanol–water partition coefficient (Wildman–Crippen LogP) is 0.0159. The Morgan fingerprint density at radius 2 is 2.12 bits per heavy atom. The molecule has 6 heteroatoms. The average molecular weight is 230 g/mol. The lowest BCUT2D eigenvalue weighted by Crippen LogP contribution is -2.49. The average Bonchev–Trinajstić information content (AvgIpc) is 3.05. The van der Waals surface area contributed by atoms with Crippen LogP contribution in [-0.2, 0) is 4.79 Å². The van der Waals surface area contributed by atoms with Gasteiger partial charge in [-0.05, 0) is 19.3 Å². The topological polar surface area (TPSA) is 89.9 Å². The van der Waals surface area contributed by atoms with Gasteiger partial charge < -0.3 is 20.4 Å². The summed E-state index contributed by atoms with van der Waals surface area (Å²) in [6, 6.07) is -1.09. The summed E-state index contributed by atoms with van der Waals surface area (Å²) in [6.45, 7) is 1.85. The third-order valence-electron chi connectivity index (χ3n) is 2.59. The van der Waals surface area contributed by atoms with Gasteiger partial charge in [0, 0.05) is 12.6 Å². The van der Waals surface area contributed by atoms with Crippen LogP contribution in [0.5, 0.6) is 0 Å². The van der Waals surface area contributed by atoms with Crippen LogP contribution >= 0.6 is 0 Å². The van der Waals surface area contributed by atoms with Crippen LogP contribution in [0.3, 0.4) is 0 Å². The number of aliphatic carboxylic acids is 1. The van der Waals surface area contributed by atoms with Crippen LogP contribution in [0.2, 0.25) is 0 Å². The molecule has 0 heterocycles. The number of nitrogens with one attached hydrogen (secondary N) is 1. The largest absolute Gasteiger partial charge is 0.480 e. The van der Waals surface area contributed by atoms with Gasteiger partial charge in [-0.15, -0.1) is 0 Å². The van der Waals surface area contributed by atoms with Crippen molar-refractivity contribution in [2.24, 2.45) is 0 Å². The van der Waals surface area contributed by atoms with E-state index in [0.717, 1.165) is 12.8 Å². The number of aliphatic hydroxyl groups is 1. The summed E-state index contributed by atoms with van der Waals surface area (Å²) >= 11 is 0. The van der Waals surface area contributed by atoms with E-state index in [-0.39, 0.29) is 19.2 Å². The minimum atomic E-state index is -1.03. The molecule has 0 aromatic rings. The number of rotatable bonds is 6. The van der Waals surface area contributed by atoms with E-state index < -0.39 is 18.0 Å². The number of amides is 2. The molecule has 0 spiro atoms. The number of hydrogen-bond donors (Lipinski definition) is 3. The Kier molecular flexibility index (Phi) is 4.54. The molecule has 1 saturated carbocycles. The van der Waals surface area contributed by atoms with Gasteiger partial charge in [0.15, 0.2) is 0 Å². The molecule has 2 amide bonds. The van der Waals surface area contributed by atoms with Crippen LogP contribution in [0.1, 0.15) is 26.2 Å². The van der Waals surface area contributed by atoms with Gasteiger partial charge in [-0.1, -0.05) is 6.92 Å². The van der Waals surface area contributed by atoms with Crippen molar-refractivity contribution in [2.75, 3.05) is 13.2 Å².